The molecule has 3 fully saturated rings. The molecular weight excluding hydrogens is 414 g/mol. The third-order valence-electron chi connectivity index (χ3n) is 9.38. The number of hydrogen-bond acceptors (Lipinski definition) is 4. The molecule has 0 N–H and O–H groups in total. The molecule has 0 aromatic carbocycles. The minimum absolute atomic E-state index is 0.0213. The highest BCUT2D eigenvalue weighted by Crippen LogP contribution is 2.42. The fourth-order valence-electron chi connectivity index (χ4n) is 6.96. The van der Waals surface area contributed by atoms with Crippen LogP contribution in [0.3, 0.4) is 0 Å². The predicted molar refractivity (Wildman–Crippen MR) is 134 cm³/mol. The summed E-state index contributed by atoms with van der Waals surface area (Å²) in [7, 11) is 6.04. The Labute approximate surface area is 202 Å². The van der Waals surface area contributed by atoms with Gasteiger partial charge in [-0.3, -0.25) is 9.80 Å². The molecule has 3 aliphatic heterocycles. The zero-order valence-corrected chi connectivity index (χ0v) is 23.3. The number of urea groups is 2. The Balaban J connectivity index is 1.92. The lowest BCUT2D eigenvalue weighted by molar-refractivity contribution is -0.0508. The first-order valence-corrected chi connectivity index (χ1v) is 12.7. The van der Waals surface area contributed by atoms with Gasteiger partial charge in [0, 0.05) is 53.9 Å². The van der Waals surface area contributed by atoms with E-state index in [9.17, 15) is 9.59 Å². The second kappa shape index (κ2) is 8.11. The normalized spacial score (nSPS) is 31.8. The summed E-state index contributed by atoms with van der Waals surface area (Å²) in [5.74, 6) is 0. The molecule has 0 saturated carbocycles. The van der Waals surface area contributed by atoms with E-state index in [1.807, 2.05) is 9.80 Å². The molecule has 0 aromatic rings. The maximum Gasteiger partial charge on any atom is 0.328 e. The molecule has 3 aliphatic rings. The SMILES string of the molecule is CC1CN(C2CC(C)(C)N(C)C(C)(C)C2)C(=O)N(C)C(=O)N1C1CC(C)(C)N(C)C(C)(C)C1. The van der Waals surface area contributed by atoms with Gasteiger partial charge in [-0.05, 0) is 102 Å². The summed E-state index contributed by atoms with van der Waals surface area (Å²) >= 11 is 0. The molecule has 33 heavy (non-hydrogen) atoms. The lowest BCUT2D eigenvalue weighted by atomic mass is 9.76. The average Bonchev–Trinajstić information content (AvgIpc) is 2.73. The van der Waals surface area contributed by atoms with Gasteiger partial charge in [0.15, 0.2) is 0 Å². The topological polar surface area (TPSA) is 50.3 Å². The summed E-state index contributed by atoms with van der Waals surface area (Å²) < 4.78 is 0. The fourth-order valence-corrected chi connectivity index (χ4v) is 6.96. The van der Waals surface area contributed by atoms with Crippen molar-refractivity contribution in [2.75, 3.05) is 27.7 Å². The van der Waals surface area contributed by atoms with Crippen molar-refractivity contribution in [1.82, 2.24) is 24.5 Å². The van der Waals surface area contributed by atoms with Crippen molar-refractivity contribution in [2.45, 2.75) is 128 Å². The zero-order valence-electron chi connectivity index (χ0n) is 23.3. The van der Waals surface area contributed by atoms with Crippen LogP contribution in [0, 0.1) is 0 Å². The number of likely N-dealkylation sites (tertiary alicyclic amines) is 2. The van der Waals surface area contributed by atoms with E-state index in [2.05, 4.69) is 86.2 Å². The summed E-state index contributed by atoms with van der Waals surface area (Å²) in [6.07, 6.45) is 3.61. The van der Waals surface area contributed by atoms with Crippen LogP contribution in [-0.4, -0.2) is 105 Å². The Kier molecular flexibility index (Phi) is 6.46. The highest BCUT2D eigenvalue weighted by molar-refractivity contribution is 5.94. The minimum Gasteiger partial charge on any atom is -0.319 e. The van der Waals surface area contributed by atoms with Crippen LogP contribution in [0.2, 0.25) is 0 Å². The largest absolute Gasteiger partial charge is 0.328 e. The number of carbonyl (C=O) groups excluding carboxylic acids is 2. The molecule has 3 heterocycles. The van der Waals surface area contributed by atoms with Crippen LogP contribution in [0.5, 0.6) is 0 Å². The van der Waals surface area contributed by atoms with Crippen molar-refractivity contribution in [2.24, 2.45) is 0 Å². The smallest absolute Gasteiger partial charge is 0.319 e. The standard InChI is InChI=1S/C26H49N5O2/c1-18-17-30(19-13-23(2,3)28(11)24(4,5)14-19)21(32)27(10)22(33)31(18)20-15-25(6,7)29(12)26(8,9)16-20/h18-20H,13-17H2,1-12H3. The summed E-state index contributed by atoms with van der Waals surface area (Å²) in [6, 6.07) is -0.113. The number of rotatable bonds is 2. The first-order chi connectivity index (χ1) is 14.8. The quantitative estimate of drug-likeness (QED) is 0.606. The van der Waals surface area contributed by atoms with Crippen molar-refractivity contribution in [3.05, 3.63) is 0 Å². The van der Waals surface area contributed by atoms with Crippen LogP contribution < -0.4 is 0 Å². The van der Waals surface area contributed by atoms with E-state index in [1.165, 1.54) is 4.90 Å². The molecule has 7 nitrogen and oxygen atoms in total. The second-order valence-electron chi connectivity index (χ2n) is 13.5. The van der Waals surface area contributed by atoms with Crippen molar-refractivity contribution >= 4 is 12.1 Å². The van der Waals surface area contributed by atoms with Crippen molar-refractivity contribution in [3.63, 3.8) is 0 Å². The number of imide groups is 1. The summed E-state index contributed by atoms with van der Waals surface area (Å²) in [5.41, 5.74) is -0.0923. The molecule has 3 rings (SSSR count). The first kappa shape index (κ1) is 26.3. The highest BCUT2D eigenvalue weighted by atomic mass is 16.2. The van der Waals surface area contributed by atoms with E-state index in [0.717, 1.165) is 25.7 Å². The molecule has 0 aromatic heterocycles. The average molecular weight is 464 g/mol. The van der Waals surface area contributed by atoms with E-state index in [1.54, 1.807) is 7.05 Å². The number of carbonyl (C=O) groups is 2. The molecule has 4 amide bonds. The lowest BCUT2D eigenvalue weighted by Gasteiger charge is -2.56. The maximum absolute atomic E-state index is 13.7. The van der Waals surface area contributed by atoms with Gasteiger partial charge in [-0.15, -0.1) is 0 Å². The molecule has 190 valence electrons. The molecule has 0 aliphatic carbocycles. The lowest BCUT2D eigenvalue weighted by Crippen LogP contribution is -2.65. The van der Waals surface area contributed by atoms with E-state index in [-0.39, 0.29) is 52.3 Å². The van der Waals surface area contributed by atoms with Crippen molar-refractivity contribution < 1.29 is 9.59 Å². The molecule has 1 unspecified atom stereocenters. The summed E-state index contributed by atoms with van der Waals surface area (Å²) in [6.45, 7) is 20.8. The van der Waals surface area contributed by atoms with Crippen LogP contribution in [-0.2, 0) is 0 Å². The third-order valence-corrected chi connectivity index (χ3v) is 9.38. The Bertz CT molecular complexity index is 754. The number of piperidine rings is 2. The fraction of sp³-hybridized carbons (Fsp3) is 0.923. The number of amides is 4. The molecule has 1 atom stereocenters. The van der Waals surface area contributed by atoms with Gasteiger partial charge < -0.3 is 9.80 Å². The number of nitrogens with zero attached hydrogens (tertiary/aromatic N) is 5. The van der Waals surface area contributed by atoms with Gasteiger partial charge in [0.05, 0.1) is 0 Å². The van der Waals surface area contributed by atoms with Crippen LogP contribution in [0.25, 0.3) is 0 Å². The van der Waals surface area contributed by atoms with E-state index in [0.29, 0.717) is 6.54 Å². The Morgan fingerprint density at radius 1 is 0.636 bits per heavy atom. The molecule has 0 radical (unpaired) electrons. The molecule has 3 saturated heterocycles. The van der Waals surface area contributed by atoms with Gasteiger partial charge >= 0.3 is 12.1 Å². The van der Waals surface area contributed by atoms with Gasteiger partial charge in [0.2, 0.25) is 0 Å². The second-order valence-corrected chi connectivity index (χ2v) is 13.5. The minimum atomic E-state index is -0.151. The molecule has 0 spiro atoms. The number of hydrogen-bond donors (Lipinski definition) is 0. The Morgan fingerprint density at radius 2 is 1.00 bits per heavy atom. The highest BCUT2D eigenvalue weighted by Gasteiger charge is 2.51. The monoisotopic (exact) mass is 463 g/mol. The third kappa shape index (κ3) is 4.52. The van der Waals surface area contributed by atoms with E-state index >= 15 is 0 Å². The van der Waals surface area contributed by atoms with Gasteiger partial charge in [-0.2, -0.15) is 0 Å². The van der Waals surface area contributed by atoms with Crippen LogP contribution in [0.15, 0.2) is 0 Å². The van der Waals surface area contributed by atoms with E-state index < -0.39 is 0 Å². The van der Waals surface area contributed by atoms with Gasteiger partial charge in [-0.1, -0.05) is 0 Å². The first-order valence-electron chi connectivity index (χ1n) is 12.7. The summed E-state index contributed by atoms with van der Waals surface area (Å²) in [4.78, 5) is 37.6. The predicted octanol–water partition coefficient (Wildman–Crippen LogP) is 4.47. The van der Waals surface area contributed by atoms with Crippen molar-refractivity contribution in [3.8, 4) is 0 Å². The van der Waals surface area contributed by atoms with Crippen molar-refractivity contribution in [1.29, 1.82) is 0 Å². The molecule has 7 heteroatoms. The van der Waals surface area contributed by atoms with Crippen LogP contribution >= 0.6 is 0 Å². The van der Waals surface area contributed by atoms with Gasteiger partial charge in [0.25, 0.3) is 0 Å². The van der Waals surface area contributed by atoms with Gasteiger partial charge in [0.1, 0.15) is 0 Å². The van der Waals surface area contributed by atoms with Gasteiger partial charge in [-0.25, -0.2) is 14.5 Å². The Morgan fingerprint density at radius 3 is 1.39 bits per heavy atom. The zero-order chi connectivity index (χ0) is 25.3. The summed E-state index contributed by atoms with van der Waals surface area (Å²) in [5, 5.41) is 0. The van der Waals surface area contributed by atoms with Crippen LogP contribution in [0.1, 0.15) is 88.0 Å². The van der Waals surface area contributed by atoms with Crippen LogP contribution in [0.4, 0.5) is 9.59 Å². The maximum atomic E-state index is 13.7. The molecule has 0 bridgehead atoms. The molecular formula is C26H49N5O2. The van der Waals surface area contributed by atoms with E-state index in [4.69, 9.17) is 0 Å². The Hall–Kier alpha value is -1.34.